The van der Waals surface area contributed by atoms with Crippen LogP contribution in [0.5, 0.6) is 0 Å². The first-order valence-electron chi connectivity index (χ1n) is 13.0. The molecule has 0 heterocycles. The lowest BCUT2D eigenvalue weighted by molar-refractivity contribution is -0.132. The number of nitrogens with two attached hydrogens (primary N) is 1. The average Bonchev–Trinajstić information content (AvgIpc) is 2.84. The maximum absolute atomic E-state index is 12.6. The molecule has 0 aromatic rings. The van der Waals surface area contributed by atoms with Gasteiger partial charge in [-0.05, 0) is 66.3 Å². The molecule has 0 rings (SSSR count). The number of aliphatic hydroxyl groups is 1. The zero-order chi connectivity index (χ0) is 29.1. The fourth-order valence-electron chi connectivity index (χ4n) is 3.17. The number of nitrogens with one attached hydrogen (secondary N) is 5. The molecule has 4 amide bonds. The van der Waals surface area contributed by atoms with Crippen LogP contribution in [0.15, 0.2) is 12.7 Å². The van der Waals surface area contributed by atoms with Gasteiger partial charge >= 0.3 is 6.09 Å². The Hall–Kier alpha value is -2.74. The Kier molecular flexibility index (Phi) is 18.0. The summed E-state index contributed by atoms with van der Waals surface area (Å²) < 4.78 is 10.2. The van der Waals surface area contributed by atoms with Crippen LogP contribution in [0.25, 0.3) is 0 Å². The number of rotatable bonds is 19. The summed E-state index contributed by atoms with van der Waals surface area (Å²) in [5.41, 5.74) is 5.36. The molecule has 0 spiro atoms. The van der Waals surface area contributed by atoms with Gasteiger partial charge < -0.3 is 41.6 Å². The van der Waals surface area contributed by atoms with E-state index in [4.69, 9.17) is 15.2 Å². The van der Waals surface area contributed by atoms with Crippen LogP contribution in [0, 0.1) is 0 Å². The maximum atomic E-state index is 12.6. The number of hydrogen-bond donors (Lipinski definition) is 7. The van der Waals surface area contributed by atoms with E-state index in [1.165, 1.54) is 20.0 Å². The van der Waals surface area contributed by atoms with Crippen molar-refractivity contribution in [1.82, 2.24) is 26.6 Å². The summed E-state index contributed by atoms with van der Waals surface area (Å²) in [6, 6.07) is -2.49. The van der Waals surface area contributed by atoms with Crippen LogP contribution in [0.1, 0.15) is 66.2 Å². The zero-order valence-electron chi connectivity index (χ0n) is 23.4. The molecule has 0 saturated carbocycles. The predicted octanol–water partition coefficient (Wildman–Crippen LogP) is -0.0174. The highest BCUT2D eigenvalue weighted by atomic mass is 16.6. The van der Waals surface area contributed by atoms with Gasteiger partial charge in [-0.2, -0.15) is 0 Å². The fraction of sp³-hybridized carbons (Fsp3) is 0.760. The van der Waals surface area contributed by atoms with Gasteiger partial charge in [0.15, 0.2) is 0 Å². The molecular weight excluding hydrogens is 496 g/mol. The zero-order valence-corrected chi connectivity index (χ0v) is 23.4. The van der Waals surface area contributed by atoms with Gasteiger partial charge in [0, 0.05) is 13.6 Å². The van der Waals surface area contributed by atoms with Gasteiger partial charge in [-0.3, -0.25) is 19.7 Å². The highest BCUT2D eigenvalue weighted by molar-refractivity contribution is 5.92. The van der Waals surface area contributed by atoms with Crippen molar-refractivity contribution < 1.29 is 33.8 Å². The number of carbonyl (C=O) groups excluding carboxylic acids is 4. The second kappa shape index (κ2) is 19.3. The van der Waals surface area contributed by atoms with Gasteiger partial charge in [-0.25, -0.2) is 4.79 Å². The minimum Gasteiger partial charge on any atom is -0.444 e. The Balaban J connectivity index is 4.40. The van der Waals surface area contributed by atoms with E-state index >= 15 is 0 Å². The predicted molar refractivity (Wildman–Crippen MR) is 144 cm³/mol. The summed E-state index contributed by atoms with van der Waals surface area (Å²) in [7, 11) is 1.47. The molecule has 0 radical (unpaired) electrons. The van der Waals surface area contributed by atoms with Crippen molar-refractivity contribution in [3.8, 4) is 0 Å². The third kappa shape index (κ3) is 17.7. The molecule has 0 aliphatic heterocycles. The number of amides is 4. The lowest BCUT2D eigenvalue weighted by Crippen LogP contribution is -2.54. The number of unbranched alkanes of at least 4 members (excludes halogenated alkanes) is 2. The van der Waals surface area contributed by atoms with E-state index in [9.17, 15) is 24.3 Å². The topological polar surface area (TPSA) is 193 Å². The molecule has 4 atom stereocenters. The minimum absolute atomic E-state index is 0.224. The molecule has 4 unspecified atom stereocenters. The third-order valence-electron chi connectivity index (χ3n) is 5.19. The lowest BCUT2D eigenvalue weighted by atomic mass is 10.1. The first-order valence-corrected chi connectivity index (χ1v) is 13.0. The Labute approximate surface area is 226 Å². The Morgan fingerprint density at radius 1 is 0.974 bits per heavy atom. The summed E-state index contributed by atoms with van der Waals surface area (Å²) in [5, 5.41) is 22.7. The SMILES string of the molecule is C=CCOC(O)NCCCCC(N)C(=O)NC(C)C(=O)NC(CCCCNC(=O)OC(C)(C)C)C(=O)NC. The van der Waals surface area contributed by atoms with Crippen molar-refractivity contribution in [3.05, 3.63) is 12.7 Å². The largest absolute Gasteiger partial charge is 0.444 e. The van der Waals surface area contributed by atoms with E-state index in [-0.39, 0.29) is 12.5 Å². The van der Waals surface area contributed by atoms with Crippen molar-refractivity contribution in [3.63, 3.8) is 0 Å². The van der Waals surface area contributed by atoms with E-state index in [1.807, 2.05) is 0 Å². The Morgan fingerprint density at radius 2 is 1.61 bits per heavy atom. The van der Waals surface area contributed by atoms with Gasteiger partial charge in [-0.15, -0.1) is 6.58 Å². The van der Waals surface area contributed by atoms with Crippen LogP contribution in [0.3, 0.4) is 0 Å². The minimum atomic E-state index is -1.09. The first kappa shape index (κ1) is 35.3. The normalized spacial score (nSPS) is 14.4. The van der Waals surface area contributed by atoms with E-state index < -0.39 is 48.0 Å². The van der Waals surface area contributed by atoms with E-state index in [0.29, 0.717) is 51.6 Å². The van der Waals surface area contributed by atoms with E-state index in [2.05, 4.69) is 33.2 Å². The summed E-state index contributed by atoms with van der Waals surface area (Å²) in [4.78, 5) is 48.9. The van der Waals surface area contributed by atoms with Crippen LogP contribution in [0.2, 0.25) is 0 Å². The monoisotopic (exact) mass is 544 g/mol. The van der Waals surface area contributed by atoms with Gasteiger partial charge in [0.1, 0.15) is 17.7 Å². The quantitative estimate of drug-likeness (QED) is 0.0665. The molecular formula is C25H48N6O7. The fourth-order valence-corrected chi connectivity index (χ4v) is 3.17. The molecule has 0 aromatic heterocycles. The molecule has 0 saturated heterocycles. The van der Waals surface area contributed by atoms with Crippen molar-refractivity contribution in [2.45, 2.75) is 96.4 Å². The highest BCUT2D eigenvalue weighted by Crippen LogP contribution is 2.07. The number of ether oxygens (including phenoxy) is 2. The molecule has 0 aromatic carbocycles. The molecule has 0 bridgehead atoms. The molecule has 13 nitrogen and oxygen atoms in total. The van der Waals surface area contributed by atoms with Crippen molar-refractivity contribution in [2.24, 2.45) is 5.73 Å². The summed E-state index contributed by atoms with van der Waals surface area (Å²) >= 11 is 0. The summed E-state index contributed by atoms with van der Waals surface area (Å²) in [5.74, 6) is -1.34. The molecule has 0 fully saturated rings. The number of likely N-dealkylation sites (N-methyl/N-ethyl adjacent to an activating group) is 1. The van der Waals surface area contributed by atoms with Crippen molar-refractivity contribution in [1.29, 1.82) is 0 Å². The molecule has 13 heteroatoms. The Morgan fingerprint density at radius 3 is 2.21 bits per heavy atom. The Bertz CT molecular complexity index is 744. The number of alkyl carbamates (subject to hydrolysis) is 1. The third-order valence-corrected chi connectivity index (χ3v) is 5.19. The summed E-state index contributed by atoms with van der Waals surface area (Å²) in [6.07, 6.45) is 3.10. The second-order valence-electron chi connectivity index (χ2n) is 9.86. The molecule has 0 aliphatic carbocycles. The number of hydrogen-bond acceptors (Lipinski definition) is 9. The van der Waals surface area contributed by atoms with Crippen LogP contribution < -0.4 is 32.3 Å². The summed E-state index contributed by atoms with van der Waals surface area (Å²) in [6.45, 7) is 11.4. The van der Waals surface area contributed by atoms with Crippen molar-refractivity contribution >= 4 is 23.8 Å². The lowest BCUT2D eigenvalue weighted by Gasteiger charge is -2.22. The number of carbonyl (C=O) groups is 4. The molecule has 38 heavy (non-hydrogen) atoms. The van der Waals surface area contributed by atoms with E-state index in [1.54, 1.807) is 20.8 Å². The van der Waals surface area contributed by atoms with E-state index in [0.717, 1.165) is 0 Å². The van der Waals surface area contributed by atoms with Gasteiger partial charge in [0.25, 0.3) is 0 Å². The number of aliphatic hydroxyl groups excluding tert-OH is 1. The highest BCUT2D eigenvalue weighted by Gasteiger charge is 2.25. The standard InChI is InChI=1S/C25H48N6O7/c1-7-16-37-23(35)28-14-10-8-12-18(26)21(33)30-17(2)20(32)31-19(22(34)27-6)13-9-11-15-29-24(36)38-25(3,4)5/h7,17-19,23,28,35H,1,8-16,26H2,2-6H3,(H,27,34)(H,29,36)(H,30,33)(H,31,32). The smallest absolute Gasteiger partial charge is 0.407 e. The van der Waals surface area contributed by atoms with Crippen LogP contribution in [0.4, 0.5) is 4.79 Å². The van der Waals surface area contributed by atoms with Crippen molar-refractivity contribution in [2.75, 3.05) is 26.7 Å². The van der Waals surface area contributed by atoms with Crippen LogP contribution in [-0.2, 0) is 23.9 Å². The molecule has 0 aliphatic rings. The van der Waals surface area contributed by atoms with Gasteiger partial charge in [-0.1, -0.05) is 12.5 Å². The van der Waals surface area contributed by atoms with Crippen LogP contribution >= 0.6 is 0 Å². The molecule has 220 valence electrons. The second-order valence-corrected chi connectivity index (χ2v) is 9.86. The van der Waals surface area contributed by atoms with Gasteiger partial charge in [0.2, 0.25) is 24.1 Å². The van der Waals surface area contributed by atoms with Crippen LogP contribution in [-0.4, -0.2) is 85.8 Å². The maximum Gasteiger partial charge on any atom is 0.407 e. The van der Waals surface area contributed by atoms with Gasteiger partial charge in [0.05, 0.1) is 12.6 Å². The molecule has 8 N–H and O–H groups in total. The first-order chi connectivity index (χ1) is 17.8. The average molecular weight is 545 g/mol.